The van der Waals surface area contributed by atoms with Gasteiger partial charge in [0.05, 0.1) is 25.5 Å². The Morgan fingerprint density at radius 2 is 2.04 bits per heavy atom. The second kappa shape index (κ2) is 10.6. The molecule has 0 aromatic carbocycles. The van der Waals surface area contributed by atoms with Gasteiger partial charge in [-0.05, 0) is 40.2 Å². The number of rotatable bonds is 8. The molecule has 6 nitrogen and oxygen atoms in total. The van der Waals surface area contributed by atoms with E-state index in [9.17, 15) is 0 Å². The molecular formula is C17H31N5OS. The molecule has 136 valence electrons. The van der Waals surface area contributed by atoms with Crippen molar-refractivity contribution < 1.29 is 4.74 Å². The summed E-state index contributed by atoms with van der Waals surface area (Å²) in [5.41, 5.74) is 1.12. The third-order valence-corrected chi connectivity index (χ3v) is 5.14. The van der Waals surface area contributed by atoms with Crippen LogP contribution in [0.25, 0.3) is 0 Å². The summed E-state index contributed by atoms with van der Waals surface area (Å²) in [6.45, 7) is 13.8. The van der Waals surface area contributed by atoms with Gasteiger partial charge in [-0.1, -0.05) is 0 Å². The van der Waals surface area contributed by atoms with Gasteiger partial charge in [-0.3, -0.25) is 4.90 Å². The van der Waals surface area contributed by atoms with E-state index in [1.54, 1.807) is 11.3 Å². The lowest BCUT2D eigenvalue weighted by atomic mass is 10.3. The monoisotopic (exact) mass is 353 g/mol. The molecular weight excluding hydrogens is 322 g/mol. The summed E-state index contributed by atoms with van der Waals surface area (Å²) in [5, 5.41) is 7.80. The standard InChI is InChI=1S/C17H31N5OS/c1-4-18-17(20-13-16-21-14(2)15(3)24-16)19-7-5-6-8-22-9-11-23-12-10-22/h4-13H2,1-3H3,(H2,18,19,20). The molecule has 24 heavy (non-hydrogen) atoms. The van der Waals surface area contributed by atoms with Crippen LogP contribution >= 0.6 is 11.3 Å². The van der Waals surface area contributed by atoms with Crippen LogP contribution in [0.2, 0.25) is 0 Å². The van der Waals surface area contributed by atoms with Gasteiger partial charge in [0.25, 0.3) is 0 Å². The predicted octanol–water partition coefficient (Wildman–Crippen LogP) is 1.93. The lowest BCUT2D eigenvalue weighted by molar-refractivity contribution is 0.0372. The smallest absolute Gasteiger partial charge is 0.191 e. The molecule has 2 heterocycles. The van der Waals surface area contributed by atoms with Crippen molar-refractivity contribution >= 4 is 17.3 Å². The molecule has 1 aliphatic heterocycles. The first-order valence-electron chi connectivity index (χ1n) is 8.94. The number of nitrogens with zero attached hydrogens (tertiary/aromatic N) is 3. The maximum absolute atomic E-state index is 5.38. The predicted molar refractivity (Wildman–Crippen MR) is 101 cm³/mol. The van der Waals surface area contributed by atoms with Crippen molar-refractivity contribution in [2.75, 3.05) is 45.9 Å². The molecule has 0 unspecified atom stereocenters. The SMILES string of the molecule is CCNC(=NCc1nc(C)c(C)s1)NCCCCN1CCOCC1. The quantitative estimate of drug-likeness (QED) is 0.425. The Balaban J connectivity index is 1.67. The molecule has 1 aromatic rings. The number of aryl methyl sites for hydroxylation is 2. The highest BCUT2D eigenvalue weighted by Crippen LogP contribution is 2.16. The summed E-state index contributed by atoms with van der Waals surface area (Å²) in [7, 11) is 0. The Hall–Kier alpha value is -1.18. The second-order valence-corrected chi connectivity index (χ2v) is 7.32. The average molecular weight is 354 g/mol. The number of thiazole rings is 1. The zero-order valence-corrected chi connectivity index (χ0v) is 16.0. The maximum atomic E-state index is 5.38. The van der Waals surface area contributed by atoms with E-state index in [4.69, 9.17) is 4.74 Å². The van der Waals surface area contributed by atoms with Gasteiger partial charge in [-0.25, -0.2) is 9.98 Å². The minimum atomic E-state index is 0.641. The molecule has 0 aliphatic carbocycles. The van der Waals surface area contributed by atoms with E-state index < -0.39 is 0 Å². The van der Waals surface area contributed by atoms with Crippen LogP contribution in [0.5, 0.6) is 0 Å². The van der Waals surface area contributed by atoms with Crippen molar-refractivity contribution in [2.45, 2.75) is 40.2 Å². The van der Waals surface area contributed by atoms with Gasteiger partial charge in [0.1, 0.15) is 5.01 Å². The van der Waals surface area contributed by atoms with E-state index in [0.717, 1.165) is 69.0 Å². The molecule has 0 saturated carbocycles. The summed E-state index contributed by atoms with van der Waals surface area (Å²) < 4.78 is 5.38. The minimum Gasteiger partial charge on any atom is -0.379 e. The van der Waals surface area contributed by atoms with Crippen LogP contribution in [-0.2, 0) is 11.3 Å². The van der Waals surface area contributed by atoms with Gasteiger partial charge in [-0.15, -0.1) is 11.3 Å². The highest BCUT2D eigenvalue weighted by Gasteiger charge is 2.09. The highest BCUT2D eigenvalue weighted by atomic mass is 32.1. The number of morpholine rings is 1. The van der Waals surface area contributed by atoms with Crippen LogP contribution in [-0.4, -0.2) is 61.8 Å². The van der Waals surface area contributed by atoms with Crippen LogP contribution in [0.1, 0.15) is 35.3 Å². The summed E-state index contributed by atoms with van der Waals surface area (Å²) in [5.74, 6) is 0.884. The molecule has 2 N–H and O–H groups in total. The second-order valence-electron chi connectivity index (χ2n) is 6.03. The third kappa shape index (κ3) is 6.75. The Labute approximate surface area is 149 Å². The van der Waals surface area contributed by atoms with Gasteiger partial charge in [0, 0.05) is 31.1 Å². The van der Waals surface area contributed by atoms with E-state index in [2.05, 4.69) is 46.3 Å². The number of hydrogen-bond donors (Lipinski definition) is 2. The van der Waals surface area contributed by atoms with Crippen molar-refractivity contribution in [3.8, 4) is 0 Å². The maximum Gasteiger partial charge on any atom is 0.191 e. The lowest BCUT2D eigenvalue weighted by Crippen LogP contribution is -2.39. The minimum absolute atomic E-state index is 0.641. The zero-order chi connectivity index (χ0) is 17.2. The van der Waals surface area contributed by atoms with E-state index in [1.165, 1.54) is 11.3 Å². The highest BCUT2D eigenvalue weighted by molar-refractivity contribution is 7.11. The summed E-state index contributed by atoms with van der Waals surface area (Å²) in [6.07, 6.45) is 2.36. The fraction of sp³-hybridized carbons (Fsp3) is 0.765. The molecule has 0 amide bonds. The number of guanidine groups is 1. The van der Waals surface area contributed by atoms with E-state index in [-0.39, 0.29) is 0 Å². The molecule has 0 bridgehead atoms. The molecule has 1 aliphatic rings. The van der Waals surface area contributed by atoms with Crippen LogP contribution in [0.15, 0.2) is 4.99 Å². The van der Waals surface area contributed by atoms with Gasteiger partial charge in [-0.2, -0.15) is 0 Å². The average Bonchev–Trinajstić information content (AvgIpc) is 2.91. The largest absolute Gasteiger partial charge is 0.379 e. The first kappa shape index (κ1) is 19.1. The van der Waals surface area contributed by atoms with Crippen molar-refractivity contribution in [3.05, 3.63) is 15.6 Å². The Morgan fingerprint density at radius 3 is 2.71 bits per heavy atom. The summed E-state index contributed by atoms with van der Waals surface area (Å²) in [6, 6.07) is 0. The first-order valence-corrected chi connectivity index (χ1v) is 9.76. The topological polar surface area (TPSA) is 61.8 Å². The number of ether oxygens (including phenoxy) is 1. The van der Waals surface area contributed by atoms with E-state index >= 15 is 0 Å². The summed E-state index contributed by atoms with van der Waals surface area (Å²) in [4.78, 5) is 12.9. The molecule has 0 atom stereocenters. The number of unbranched alkanes of at least 4 members (excludes halogenated alkanes) is 1. The Kier molecular flexibility index (Phi) is 8.49. The van der Waals surface area contributed by atoms with Gasteiger partial charge in [0.15, 0.2) is 5.96 Å². The lowest BCUT2D eigenvalue weighted by Gasteiger charge is -2.26. The van der Waals surface area contributed by atoms with E-state index in [1.807, 2.05) is 0 Å². The fourth-order valence-electron chi connectivity index (χ4n) is 2.59. The first-order chi connectivity index (χ1) is 11.7. The van der Waals surface area contributed by atoms with Crippen LogP contribution in [0.4, 0.5) is 0 Å². The molecule has 0 radical (unpaired) electrons. The summed E-state index contributed by atoms with van der Waals surface area (Å²) >= 11 is 1.73. The molecule has 7 heteroatoms. The van der Waals surface area contributed by atoms with Gasteiger partial charge < -0.3 is 15.4 Å². The van der Waals surface area contributed by atoms with Gasteiger partial charge in [0.2, 0.25) is 0 Å². The number of aromatic nitrogens is 1. The Bertz CT molecular complexity index is 492. The van der Waals surface area contributed by atoms with Crippen LogP contribution < -0.4 is 10.6 Å². The van der Waals surface area contributed by atoms with Crippen molar-refractivity contribution in [1.82, 2.24) is 20.5 Å². The van der Waals surface area contributed by atoms with Crippen LogP contribution in [0.3, 0.4) is 0 Å². The third-order valence-electron chi connectivity index (χ3n) is 4.09. The molecule has 1 fully saturated rings. The van der Waals surface area contributed by atoms with Crippen LogP contribution in [0, 0.1) is 13.8 Å². The van der Waals surface area contributed by atoms with Crippen molar-refractivity contribution in [1.29, 1.82) is 0 Å². The molecule has 0 spiro atoms. The number of hydrogen-bond acceptors (Lipinski definition) is 5. The van der Waals surface area contributed by atoms with E-state index in [0.29, 0.717) is 6.54 Å². The molecule has 1 aromatic heterocycles. The number of aliphatic imine (C=N–C) groups is 1. The Morgan fingerprint density at radius 1 is 1.25 bits per heavy atom. The van der Waals surface area contributed by atoms with Crippen molar-refractivity contribution in [2.24, 2.45) is 4.99 Å². The number of nitrogens with one attached hydrogen (secondary N) is 2. The molecule has 2 rings (SSSR count). The van der Waals surface area contributed by atoms with Gasteiger partial charge >= 0.3 is 0 Å². The van der Waals surface area contributed by atoms with Crippen molar-refractivity contribution in [3.63, 3.8) is 0 Å². The zero-order valence-electron chi connectivity index (χ0n) is 15.2. The fourth-order valence-corrected chi connectivity index (χ4v) is 3.45. The molecule has 1 saturated heterocycles. The normalized spacial score (nSPS) is 16.4.